The van der Waals surface area contributed by atoms with Crippen molar-refractivity contribution in [2.24, 2.45) is 16.0 Å². The molecule has 8 nitrogen and oxygen atoms in total. The first-order valence-electron chi connectivity index (χ1n) is 10.0. The third kappa shape index (κ3) is 4.23. The molecule has 1 fully saturated rings. The molecule has 0 saturated carbocycles. The largest absolute Gasteiger partial charge is 0.411 e. The standard InChI is InChI=1S/C19H26F3N5O3/c1-10-3-13(11-4-15(17(29-2)23-5-11)30-9-19(20,21)22)26-14-8-27(18(28)16(10)14)12-6-24-25-7-12/h5-6,11-15,17,25-26H,3-4,7-9H2,1-2H3. The number of hydrazone groups is 1. The second-order valence-electron chi connectivity index (χ2n) is 8.18. The van der Waals surface area contributed by atoms with Gasteiger partial charge in [0.05, 0.1) is 18.6 Å². The second-order valence-corrected chi connectivity index (χ2v) is 8.18. The number of hydrogen-bond donors (Lipinski definition) is 2. The van der Waals surface area contributed by atoms with Gasteiger partial charge in [-0.25, -0.2) is 0 Å². The van der Waals surface area contributed by atoms with Gasteiger partial charge in [-0.1, -0.05) is 5.57 Å². The molecule has 0 aromatic carbocycles. The average molecular weight is 429 g/mol. The molecule has 0 radical (unpaired) electrons. The molecule has 0 spiro atoms. The van der Waals surface area contributed by atoms with Crippen LogP contribution in [0.4, 0.5) is 13.2 Å². The maximum atomic E-state index is 12.9. The van der Waals surface area contributed by atoms with E-state index in [4.69, 9.17) is 9.47 Å². The molecule has 4 rings (SSSR count). The molecule has 6 unspecified atom stereocenters. The Bertz CT molecular complexity index is 769. The monoisotopic (exact) mass is 429 g/mol. The smallest absolute Gasteiger partial charge is 0.364 e. The molecule has 0 aromatic rings. The molecule has 11 heteroatoms. The highest BCUT2D eigenvalue weighted by atomic mass is 19.4. The minimum absolute atomic E-state index is 0.0201. The Morgan fingerprint density at radius 3 is 2.80 bits per heavy atom. The number of likely N-dealkylation sites (tertiary alicyclic amines) is 1. The van der Waals surface area contributed by atoms with Gasteiger partial charge in [-0.05, 0) is 19.8 Å². The van der Waals surface area contributed by atoms with Gasteiger partial charge in [-0.15, -0.1) is 0 Å². The van der Waals surface area contributed by atoms with Crippen LogP contribution in [0.15, 0.2) is 21.2 Å². The van der Waals surface area contributed by atoms with Gasteiger partial charge in [0.2, 0.25) is 0 Å². The summed E-state index contributed by atoms with van der Waals surface area (Å²) in [6.07, 6.45) is -1.45. The summed E-state index contributed by atoms with van der Waals surface area (Å²) in [5.41, 5.74) is 4.67. The van der Waals surface area contributed by atoms with E-state index in [0.717, 1.165) is 11.1 Å². The predicted octanol–water partition coefficient (Wildman–Crippen LogP) is 0.844. The number of amides is 1. The highest BCUT2D eigenvalue weighted by molar-refractivity contribution is 6.00. The number of hydrogen-bond acceptors (Lipinski definition) is 7. The number of nitrogens with one attached hydrogen (secondary N) is 2. The van der Waals surface area contributed by atoms with E-state index in [-0.39, 0.29) is 30.0 Å². The molecular formula is C19H26F3N5O3. The minimum Gasteiger partial charge on any atom is -0.364 e. The van der Waals surface area contributed by atoms with Crippen molar-refractivity contribution in [2.75, 3.05) is 26.8 Å². The zero-order valence-electron chi connectivity index (χ0n) is 16.9. The van der Waals surface area contributed by atoms with Gasteiger partial charge in [0, 0.05) is 43.6 Å². The topological polar surface area (TPSA) is 87.5 Å². The molecule has 1 amide bonds. The summed E-state index contributed by atoms with van der Waals surface area (Å²) in [5, 5.41) is 7.53. The predicted molar refractivity (Wildman–Crippen MR) is 103 cm³/mol. The van der Waals surface area contributed by atoms with Gasteiger partial charge in [0.1, 0.15) is 12.7 Å². The van der Waals surface area contributed by atoms with Gasteiger partial charge in [0.15, 0.2) is 6.23 Å². The van der Waals surface area contributed by atoms with Crippen molar-refractivity contribution in [3.05, 3.63) is 11.1 Å². The lowest BCUT2D eigenvalue weighted by atomic mass is 9.83. The Labute approximate surface area is 172 Å². The zero-order valence-corrected chi connectivity index (χ0v) is 16.9. The molecule has 4 heterocycles. The summed E-state index contributed by atoms with van der Waals surface area (Å²) in [5.74, 6) is -0.100. The molecule has 0 aliphatic carbocycles. The van der Waals surface area contributed by atoms with Gasteiger partial charge >= 0.3 is 6.18 Å². The molecule has 4 aliphatic rings. The maximum Gasteiger partial charge on any atom is 0.411 e. The third-order valence-corrected chi connectivity index (χ3v) is 6.13. The first-order valence-corrected chi connectivity index (χ1v) is 10.0. The van der Waals surface area contributed by atoms with Crippen molar-refractivity contribution in [2.45, 2.75) is 56.4 Å². The van der Waals surface area contributed by atoms with Crippen LogP contribution in [0.5, 0.6) is 0 Å². The molecule has 0 aromatic heterocycles. The number of aliphatic imine (C=N–C) groups is 1. The first-order chi connectivity index (χ1) is 14.3. The van der Waals surface area contributed by atoms with E-state index in [2.05, 4.69) is 20.8 Å². The minimum atomic E-state index is -4.40. The van der Waals surface area contributed by atoms with Crippen LogP contribution in [0.3, 0.4) is 0 Å². The van der Waals surface area contributed by atoms with Crippen molar-refractivity contribution in [1.29, 1.82) is 0 Å². The van der Waals surface area contributed by atoms with Crippen LogP contribution in [0, 0.1) is 5.92 Å². The van der Waals surface area contributed by atoms with Gasteiger partial charge < -0.3 is 25.1 Å². The van der Waals surface area contributed by atoms with Crippen molar-refractivity contribution in [3.8, 4) is 0 Å². The third-order valence-electron chi connectivity index (χ3n) is 6.13. The average Bonchev–Trinajstić information content (AvgIpc) is 3.33. The number of rotatable bonds is 5. The van der Waals surface area contributed by atoms with E-state index < -0.39 is 25.1 Å². The van der Waals surface area contributed by atoms with Crippen molar-refractivity contribution >= 4 is 18.3 Å². The van der Waals surface area contributed by atoms with Crippen molar-refractivity contribution in [3.63, 3.8) is 0 Å². The SMILES string of the molecule is COC1N=CC(C2CC(C)=C3C(=O)N(C4C=NNC4)CC3N2)CC1OCC(F)(F)F. The number of nitrogens with zero attached hydrogens (tertiary/aromatic N) is 3. The Kier molecular flexibility index (Phi) is 5.86. The van der Waals surface area contributed by atoms with E-state index in [1.807, 2.05) is 11.8 Å². The Balaban J connectivity index is 1.45. The Morgan fingerprint density at radius 1 is 1.33 bits per heavy atom. The lowest BCUT2D eigenvalue weighted by molar-refractivity contribution is -0.199. The fourth-order valence-corrected chi connectivity index (χ4v) is 4.71. The Morgan fingerprint density at radius 2 is 2.13 bits per heavy atom. The quantitative estimate of drug-likeness (QED) is 0.677. The number of methoxy groups -OCH3 is 1. The number of halogens is 3. The van der Waals surface area contributed by atoms with Crippen LogP contribution in [0.25, 0.3) is 0 Å². The van der Waals surface area contributed by atoms with Crippen LogP contribution in [-0.4, -0.2) is 86.7 Å². The summed E-state index contributed by atoms with van der Waals surface area (Å²) in [7, 11) is 1.41. The second kappa shape index (κ2) is 8.27. The van der Waals surface area contributed by atoms with Gasteiger partial charge in [-0.2, -0.15) is 18.3 Å². The van der Waals surface area contributed by atoms with Crippen LogP contribution in [0.1, 0.15) is 19.8 Å². The number of fused-ring (bicyclic) bond motifs is 1. The van der Waals surface area contributed by atoms with Crippen molar-refractivity contribution in [1.82, 2.24) is 15.6 Å². The molecule has 2 N–H and O–H groups in total. The molecule has 4 aliphatic heterocycles. The fraction of sp³-hybridized carbons (Fsp3) is 0.737. The normalized spacial score (nSPS) is 36.4. The van der Waals surface area contributed by atoms with E-state index in [0.29, 0.717) is 25.9 Å². The lowest BCUT2D eigenvalue weighted by Gasteiger charge is -2.38. The van der Waals surface area contributed by atoms with Gasteiger partial charge in [-0.3, -0.25) is 9.79 Å². The number of carbonyl (C=O) groups is 1. The molecule has 0 bridgehead atoms. The maximum absolute atomic E-state index is 12.9. The molecular weight excluding hydrogens is 403 g/mol. The summed E-state index contributed by atoms with van der Waals surface area (Å²) >= 11 is 0. The molecule has 30 heavy (non-hydrogen) atoms. The molecule has 1 saturated heterocycles. The number of ether oxygens (including phenoxy) is 2. The van der Waals surface area contributed by atoms with Crippen molar-refractivity contribution < 1.29 is 27.4 Å². The van der Waals surface area contributed by atoms with Crippen LogP contribution in [0.2, 0.25) is 0 Å². The van der Waals surface area contributed by atoms with E-state index in [1.54, 1.807) is 12.4 Å². The van der Waals surface area contributed by atoms with E-state index in [9.17, 15) is 18.0 Å². The fourth-order valence-electron chi connectivity index (χ4n) is 4.71. The first kappa shape index (κ1) is 21.3. The van der Waals surface area contributed by atoms with E-state index in [1.165, 1.54) is 7.11 Å². The molecule has 6 atom stereocenters. The number of carbonyl (C=O) groups excluding carboxylic acids is 1. The zero-order chi connectivity index (χ0) is 21.5. The van der Waals surface area contributed by atoms with Crippen LogP contribution >= 0.6 is 0 Å². The highest BCUT2D eigenvalue weighted by Gasteiger charge is 2.45. The summed E-state index contributed by atoms with van der Waals surface area (Å²) in [6.45, 7) is 1.76. The van der Waals surface area contributed by atoms with E-state index >= 15 is 0 Å². The summed E-state index contributed by atoms with van der Waals surface area (Å²) in [6, 6.07) is -0.226. The van der Waals surface area contributed by atoms with Crippen LogP contribution in [-0.2, 0) is 14.3 Å². The molecule has 166 valence electrons. The van der Waals surface area contributed by atoms with Crippen LogP contribution < -0.4 is 10.7 Å². The summed E-state index contributed by atoms with van der Waals surface area (Å²) in [4.78, 5) is 19.0. The summed E-state index contributed by atoms with van der Waals surface area (Å²) < 4.78 is 48.2. The Hall–Kier alpha value is -1.98. The lowest BCUT2D eigenvalue weighted by Crippen LogP contribution is -2.51. The number of alkyl halides is 3. The van der Waals surface area contributed by atoms with Gasteiger partial charge in [0.25, 0.3) is 5.91 Å². The highest BCUT2D eigenvalue weighted by Crippen LogP contribution is 2.34.